The third kappa shape index (κ3) is 2.22. The normalized spacial score (nSPS) is 10.2. The highest BCUT2D eigenvalue weighted by Gasteiger charge is 2.18. The van der Waals surface area contributed by atoms with Gasteiger partial charge in [0.05, 0.1) is 12.7 Å². The predicted octanol–water partition coefficient (Wildman–Crippen LogP) is 2.77. The van der Waals surface area contributed by atoms with Gasteiger partial charge in [-0.1, -0.05) is 6.07 Å². The number of hydrogen-bond acceptors (Lipinski definition) is 3. The molecule has 18 heavy (non-hydrogen) atoms. The smallest absolute Gasteiger partial charge is 0.214 e. The van der Waals surface area contributed by atoms with Crippen LogP contribution < -0.4 is 4.74 Å². The average molecular weight is 245 g/mol. The number of carbonyl (C=O) groups is 1. The van der Waals surface area contributed by atoms with Gasteiger partial charge in [-0.15, -0.1) is 0 Å². The Balaban J connectivity index is 2.46. The fourth-order valence-electron chi connectivity index (χ4n) is 1.64. The van der Waals surface area contributed by atoms with E-state index in [0.717, 1.165) is 5.56 Å². The van der Waals surface area contributed by atoms with Crippen LogP contribution in [0.1, 0.15) is 21.6 Å². The van der Waals surface area contributed by atoms with Crippen molar-refractivity contribution in [1.29, 1.82) is 0 Å². The molecular formula is C14H12FNO2. The average Bonchev–Trinajstić information content (AvgIpc) is 2.38. The summed E-state index contributed by atoms with van der Waals surface area (Å²) in [4.78, 5) is 16.1. The molecule has 92 valence electrons. The molecule has 1 heterocycles. The Bertz CT molecular complexity index is 596. The Morgan fingerprint density at radius 1 is 1.33 bits per heavy atom. The van der Waals surface area contributed by atoms with Crippen molar-refractivity contribution in [1.82, 2.24) is 4.98 Å². The highest BCUT2D eigenvalue weighted by molar-refractivity contribution is 6.08. The molecular weight excluding hydrogens is 233 g/mol. The van der Waals surface area contributed by atoms with Gasteiger partial charge in [-0.05, 0) is 36.8 Å². The van der Waals surface area contributed by atoms with Crippen molar-refractivity contribution in [2.24, 2.45) is 0 Å². The first-order chi connectivity index (χ1) is 8.63. The van der Waals surface area contributed by atoms with E-state index in [2.05, 4.69) is 4.98 Å². The van der Waals surface area contributed by atoms with Crippen molar-refractivity contribution in [2.75, 3.05) is 7.11 Å². The summed E-state index contributed by atoms with van der Waals surface area (Å²) in [7, 11) is 1.36. The summed E-state index contributed by atoms with van der Waals surface area (Å²) in [5.74, 6) is -1.06. The van der Waals surface area contributed by atoms with Crippen molar-refractivity contribution < 1.29 is 13.9 Å². The van der Waals surface area contributed by atoms with Crippen molar-refractivity contribution >= 4 is 5.78 Å². The number of aromatic nitrogens is 1. The fourth-order valence-corrected chi connectivity index (χ4v) is 1.64. The van der Waals surface area contributed by atoms with E-state index in [-0.39, 0.29) is 17.0 Å². The minimum absolute atomic E-state index is 0.0348. The number of halogens is 1. The van der Waals surface area contributed by atoms with Crippen LogP contribution in [0.5, 0.6) is 5.75 Å². The molecule has 0 atom stereocenters. The van der Waals surface area contributed by atoms with Gasteiger partial charge in [-0.2, -0.15) is 0 Å². The van der Waals surface area contributed by atoms with Gasteiger partial charge in [0.1, 0.15) is 5.69 Å². The van der Waals surface area contributed by atoms with Crippen LogP contribution in [0, 0.1) is 12.7 Å². The van der Waals surface area contributed by atoms with Gasteiger partial charge in [-0.3, -0.25) is 9.78 Å². The van der Waals surface area contributed by atoms with Crippen LogP contribution in [-0.4, -0.2) is 17.9 Å². The third-order valence-electron chi connectivity index (χ3n) is 2.58. The molecule has 0 fully saturated rings. The summed E-state index contributed by atoms with van der Waals surface area (Å²) < 4.78 is 18.8. The van der Waals surface area contributed by atoms with Crippen LogP contribution in [0.4, 0.5) is 4.39 Å². The molecule has 0 aliphatic heterocycles. The van der Waals surface area contributed by atoms with Gasteiger partial charge in [0.2, 0.25) is 5.78 Å². The Kier molecular flexibility index (Phi) is 3.37. The molecule has 1 aromatic heterocycles. The lowest BCUT2D eigenvalue weighted by atomic mass is 10.1. The summed E-state index contributed by atoms with van der Waals surface area (Å²) in [5.41, 5.74) is 1.09. The predicted molar refractivity (Wildman–Crippen MR) is 65.4 cm³/mol. The molecule has 0 saturated carbocycles. The molecule has 2 rings (SSSR count). The monoisotopic (exact) mass is 245 g/mol. The zero-order chi connectivity index (χ0) is 13.1. The Labute approximate surface area is 104 Å². The van der Waals surface area contributed by atoms with E-state index in [4.69, 9.17) is 4.74 Å². The van der Waals surface area contributed by atoms with Crippen LogP contribution in [0.2, 0.25) is 0 Å². The molecule has 0 radical (unpaired) electrons. The minimum Gasteiger partial charge on any atom is -0.494 e. The second-order valence-electron chi connectivity index (χ2n) is 3.87. The molecule has 3 nitrogen and oxygen atoms in total. The number of methoxy groups -OCH3 is 1. The number of pyridine rings is 1. The number of aryl methyl sites for hydroxylation is 1. The SMILES string of the molecule is COc1cccc(C(=O)c2cc(C)ccn2)c1F. The Hall–Kier alpha value is -2.23. The highest BCUT2D eigenvalue weighted by atomic mass is 19.1. The number of rotatable bonds is 3. The van der Waals surface area contributed by atoms with E-state index < -0.39 is 11.6 Å². The van der Waals surface area contributed by atoms with E-state index in [1.807, 2.05) is 6.92 Å². The van der Waals surface area contributed by atoms with Gasteiger partial charge in [0, 0.05) is 6.20 Å². The van der Waals surface area contributed by atoms with Crippen molar-refractivity contribution in [2.45, 2.75) is 6.92 Å². The first-order valence-corrected chi connectivity index (χ1v) is 5.43. The maximum absolute atomic E-state index is 13.9. The zero-order valence-electron chi connectivity index (χ0n) is 10.1. The summed E-state index contributed by atoms with van der Waals surface area (Å²) in [5, 5.41) is 0. The van der Waals surface area contributed by atoms with Crippen LogP contribution in [-0.2, 0) is 0 Å². The van der Waals surface area contributed by atoms with E-state index in [1.54, 1.807) is 18.2 Å². The van der Waals surface area contributed by atoms with Crippen molar-refractivity contribution in [3.05, 3.63) is 59.2 Å². The number of carbonyl (C=O) groups excluding carboxylic acids is 1. The Morgan fingerprint density at radius 2 is 2.11 bits per heavy atom. The molecule has 0 saturated heterocycles. The molecule has 0 unspecified atom stereocenters. The van der Waals surface area contributed by atoms with Gasteiger partial charge >= 0.3 is 0 Å². The van der Waals surface area contributed by atoms with Gasteiger partial charge < -0.3 is 4.74 Å². The second kappa shape index (κ2) is 4.96. The lowest BCUT2D eigenvalue weighted by Gasteiger charge is -2.06. The number of benzene rings is 1. The summed E-state index contributed by atoms with van der Waals surface area (Å²) in [6.45, 7) is 1.85. The molecule has 0 aliphatic rings. The molecule has 0 N–H and O–H groups in total. The van der Waals surface area contributed by atoms with Crippen LogP contribution in [0.15, 0.2) is 36.5 Å². The summed E-state index contributed by atoms with van der Waals surface area (Å²) >= 11 is 0. The number of nitrogens with zero attached hydrogens (tertiary/aromatic N) is 1. The summed E-state index contributed by atoms with van der Waals surface area (Å²) in [6.07, 6.45) is 1.53. The quantitative estimate of drug-likeness (QED) is 0.780. The molecule has 0 spiro atoms. The maximum Gasteiger partial charge on any atom is 0.214 e. The van der Waals surface area contributed by atoms with E-state index in [1.165, 1.54) is 25.4 Å². The standard InChI is InChI=1S/C14H12FNO2/c1-9-6-7-16-11(8-9)14(17)10-4-3-5-12(18-2)13(10)15/h3-8H,1-2H3. The Morgan fingerprint density at radius 3 is 2.78 bits per heavy atom. The van der Waals surface area contributed by atoms with Gasteiger partial charge in [0.15, 0.2) is 11.6 Å². The zero-order valence-corrected chi connectivity index (χ0v) is 10.1. The van der Waals surface area contributed by atoms with Crippen molar-refractivity contribution in [3.63, 3.8) is 0 Å². The first-order valence-electron chi connectivity index (χ1n) is 5.43. The number of ketones is 1. The van der Waals surface area contributed by atoms with Crippen LogP contribution >= 0.6 is 0 Å². The number of hydrogen-bond donors (Lipinski definition) is 0. The van der Waals surface area contributed by atoms with E-state index in [9.17, 15) is 9.18 Å². The van der Waals surface area contributed by atoms with Crippen molar-refractivity contribution in [3.8, 4) is 5.75 Å². The molecule has 0 bridgehead atoms. The summed E-state index contributed by atoms with van der Waals surface area (Å²) in [6, 6.07) is 7.87. The second-order valence-corrected chi connectivity index (χ2v) is 3.87. The highest BCUT2D eigenvalue weighted by Crippen LogP contribution is 2.22. The van der Waals surface area contributed by atoms with Gasteiger partial charge in [-0.25, -0.2) is 4.39 Å². The lowest BCUT2D eigenvalue weighted by molar-refractivity contribution is 0.102. The first kappa shape index (κ1) is 12.2. The molecule has 0 amide bonds. The largest absolute Gasteiger partial charge is 0.494 e. The lowest BCUT2D eigenvalue weighted by Crippen LogP contribution is -2.07. The van der Waals surface area contributed by atoms with Crippen LogP contribution in [0.3, 0.4) is 0 Å². The molecule has 1 aromatic carbocycles. The molecule has 2 aromatic rings. The van der Waals surface area contributed by atoms with Gasteiger partial charge in [0.25, 0.3) is 0 Å². The third-order valence-corrected chi connectivity index (χ3v) is 2.58. The number of ether oxygens (including phenoxy) is 1. The fraction of sp³-hybridized carbons (Fsp3) is 0.143. The van der Waals surface area contributed by atoms with E-state index >= 15 is 0 Å². The topological polar surface area (TPSA) is 39.2 Å². The minimum atomic E-state index is -0.659. The molecule has 4 heteroatoms. The molecule has 0 aliphatic carbocycles. The van der Waals surface area contributed by atoms with Crippen LogP contribution in [0.25, 0.3) is 0 Å². The maximum atomic E-state index is 13.9. The van der Waals surface area contributed by atoms with E-state index in [0.29, 0.717) is 0 Å².